The molecule has 0 radical (unpaired) electrons. The Morgan fingerprint density at radius 1 is 1.19 bits per heavy atom. The van der Waals surface area contributed by atoms with Crippen molar-refractivity contribution in [2.75, 3.05) is 33.0 Å². The molecule has 1 N–H and O–H groups in total. The first kappa shape index (κ1) is 20.0. The number of carbonyl (C=O) groups is 1. The third-order valence-corrected chi connectivity index (χ3v) is 5.21. The van der Waals surface area contributed by atoms with E-state index in [4.69, 9.17) is 18.9 Å². The van der Waals surface area contributed by atoms with Gasteiger partial charge in [0.25, 0.3) is 0 Å². The summed E-state index contributed by atoms with van der Waals surface area (Å²) < 4.78 is 22.6. The van der Waals surface area contributed by atoms with Gasteiger partial charge in [-0.3, -0.25) is 0 Å². The second kappa shape index (κ2) is 9.95. The average molecular weight is 377 g/mol. The zero-order valence-corrected chi connectivity index (χ0v) is 16.2. The van der Waals surface area contributed by atoms with E-state index in [2.05, 4.69) is 17.4 Å². The largest absolute Gasteiger partial charge is 0.492 e. The molecule has 0 bridgehead atoms. The van der Waals surface area contributed by atoms with Gasteiger partial charge in [-0.1, -0.05) is 25.5 Å². The molecule has 6 heteroatoms. The van der Waals surface area contributed by atoms with E-state index in [1.54, 1.807) is 0 Å². The van der Waals surface area contributed by atoms with Gasteiger partial charge in [0.05, 0.1) is 26.4 Å². The van der Waals surface area contributed by atoms with Gasteiger partial charge in [-0.15, -0.1) is 0 Å². The fourth-order valence-corrected chi connectivity index (χ4v) is 3.87. The number of ether oxygens (including phenoxy) is 4. The summed E-state index contributed by atoms with van der Waals surface area (Å²) in [6.45, 7) is 4.65. The number of amides is 1. The van der Waals surface area contributed by atoms with E-state index in [0.29, 0.717) is 38.9 Å². The molecule has 1 spiro atoms. The van der Waals surface area contributed by atoms with Crippen molar-refractivity contribution in [2.45, 2.75) is 51.2 Å². The highest BCUT2D eigenvalue weighted by molar-refractivity contribution is 5.66. The van der Waals surface area contributed by atoms with Crippen molar-refractivity contribution in [1.82, 2.24) is 5.32 Å². The zero-order valence-electron chi connectivity index (χ0n) is 16.2. The Kier molecular flexibility index (Phi) is 7.35. The van der Waals surface area contributed by atoms with Crippen molar-refractivity contribution >= 4 is 6.09 Å². The van der Waals surface area contributed by atoms with E-state index in [-0.39, 0.29) is 5.79 Å². The van der Waals surface area contributed by atoms with Gasteiger partial charge in [-0.25, -0.2) is 4.79 Å². The van der Waals surface area contributed by atoms with Gasteiger partial charge in [0.1, 0.15) is 12.4 Å². The van der Waals surface area contributed by atoms with Crippen molar-refractivity contribution in [3.63, 3.8) is 0 Å². The molecule has 1 atom stereocenters. The number of hydrogen-bond acceptors (Lipinski definition) is 5. The molecule has 1 saturated heterocycles. The van der Waals surface area contributed by atoms with Crippen LogP contribution in [0.5, 0.6) is 5.75 Å². The minimum Gasteiger partial charge on any atom is -0.492 e. The van der Waals surface area contributed by atoms with Crippen LogP contribution in [-0.2, 0) is 20.6 Å². The van der Waals surface area contributed by atoms with Crippen LogP contribution >= 0.6 is 0 Å². The van der Waals surface area contributed by atoms with Crippen molar-refractivity contribution in [1.29, 1.82) is 0 Å². The number of carbonyl (C=O) groups excluding carboxylic acids is 1. The van der Waals surface area contributed by atoms with E-state index in [1.807, 2.05) is 19.1 Å². The van der Waals surface area contributed by atoms with Crippen LogP contribution in [0.25, 0.3) is 0 Å². The Balaban J connectivity index is 1.42. The van der Waals surface area contributed by atoms with Crippen molar-refractivity contribution in [2.24, 2.45) is 5.92 Å². The highest BCUT2D eigenvalue weighted by Crippen LogP contribution is 2.42. The first-order chi connectivity index (χ1) is 13.2. The maximum Gasteiger partial charge on any atom is 0.407 e. The molecular weight excluding hydrogens is 346 g/mol. The summed E-state index contributed by atoms with van der Waals surface area (Å²) in [5.41, 5.74) is 1.27. The lowest BCUT2D eigenvalue weighted by Crippen LogP contribution is -2.42. The summed E-state index contributed by atoms with van der Waals surface area (Å²) in [7, 11) is 0. The Morgan fingerprint density at radius 3 is 2.70 bits per heavy atom. The SMILES string of the molecule is CCCOC(=O)NCCOc1ccc(CC2CCCCC23OCCO3)cc1. The molecule has 1 saturated carbocycles. The van der Waals surface area contributed by atoms with Gasteiger partial charge >= 0.3 is 6.09 Å². The normalized spacial score (nSPS) is 21.1. The molecular formula is C21H31NO5. The number of alkyl carbamates (subject to hydrolysis) is 1. The molecule has 2 fully saturated rings. The minimum absolute atomic E-state index is 0.356. The predicted octanol–water partition coefficient (Wildman–Crippen LogP) is 3.68. The lowest BCUT2D eigenvalue weighted by atomic mass is 9.79. The first-order valence-corrected chi connectivity index (χ1v) is 10.1. The van der Waals surface area contributed by atoms with Crippen LogP contribution in [0.15, 0.2) is 24.3 Å². The maximum atomic E-state index is 11.3. The fraction of sp³-hybridized carbons (Fsp3) is 0.667. The van der Waals surface area contributed by atoms with Gasteiger partial charge in [-0.2, -0.15) is 0 Å². The van der Waals surface area contributed by atoms with E-state index in [0.717, 1.165) is 31.4 Å². The van der Waals surface area contributed by atoms with Gasteiger partial charge in [0.15, 0.2) is 5.79 Å². The summed E-state index contributed by atoms with van der Waals surface area (Å²) >= 11 is 0. The molecule has 6 nitrogen and oxygen atoms in total. The number of hydrogen-bond donors (Lipinski definition) is 1. The lowest BCUT2D eigenvalue weighted by molar-refractivity contribution is -0.212. The molecule has 1 aliphatic heterocycles. The molecule has 3 rings (SSSR count). The molecule has 1 amide bonds. The monoisotopic (exact) mass is 377 g/mol. The molecule has 0 aromatic heterocycles. The Labute approximate surface area is 161 Å². The van der Waals surface area contributed by atoms with Crippen LogP contribution in [0.4, 0.5) is 4.79 Å². The maximum absolute atomic E-state index is 11.3. The third-order valence-electron chi connectivity index (χ3n) is 5.21. The minimum atomic E-state index is -0.395. The topological polar surface area (TPSA) is 66.0 Å². The van der Waals surface area contributed by atoms with Gasteiger partial charge < -0.3 is 24.3 Å². The number of nitrogens with one attached hydrogen (secondary N) is 1. The first-order valence-electron chi connectivity index (χ1n) is 10.1. The summed E-state index contributed by atoms with van der Waals surface area (Å²) in [6.07, 6.45) is 5.97. The van der Waals surface area contributed by atoms with Crippen molar-refractivity contribution in [3.8, 4) is 5.75 Å². The molecule has 150 valence electrons. The molecule has 2 aliphatic rings. The highest BCUT2D eigenvalue weighted by Gasteiger charge is 2.45. The Morgan fingerprint density at radius 2 is 1.96 bits per heavy atom. The van der Waals surface area contributed by atoms with Crippen LogP contribution in [0.2, 0.25) is 0 Å². The molecule has 1 heterocycles. The van der Waals surface area contributed by atoms with E-state index >= 15 is 0 Å². The van der Waals surface area contributed by atoms with Gasteiger partial charge in [0, 0.05) is 12.3 Å². The molecule has 1 aromatic carbocycles. The van der Waals surface area contributed by atoms with E-state index < -0.39 is 6.09 Å². The number of rotatable bonds is 8. The molecule has 1 aliphatic carbocycles. The van der Waals surface area contributed by atoms with Crippen LogP contribution in [-0.4, -0.2) is 44.9 Å². The second-order valence-electron chi connectivity index (χ2n) is 7.21. The zero-order chi connectivity index (χ0) is 19.0. The standard InChI is InChI=1S/C21H31NO5/c1-2-12-25-20(23)22-11-13-24-19-8-6-17(7-9-19)16-18-5-3-4-10-21(18)26-14-15-27-21/h6-9,18H,2-5,10-16H2,1H3,(H,22,23). The molecule has 1 aromatic rings. The molecule has 1 unspecified atom stereocenters. The highest BCUT2D eigenvalue weighted by atomic mass is 16.7. The van der Waals surface area contributed by atoms with E-state index in [9.17, 15) is 4.79 Å². The summed E-state index contributed by atoms with van der Waals surface area (Å²) in [6, 6.07) is 8.18. The van der Waals surface area contributed by atoms with Crippen LogP contribution in [0.1, 0.15) is 44.6 Å². The van der Waals surface area contributed by atoms with Gasteiger partial charge in [-0.05, 0) is 43.4 Å². The van der Waals surface area contributed by atoms with Crippen molar-refractivity contribution < 1.29 is 23.7 Å². The summed E-state index contributed by atoms with van der Waals surface area (Å²) in [5, 5.41) is 2.67. The number of benzene rings is 1. The average Bonchev–Trinajstić information content (AvgIpc) is 3.16. The summed E-state index contributed by atoms with van der Waals surface area (Å²) in [4.78, 5) is 11.3. The lowest BCUT2D eigenvalue weighted by Gasteiger charge is -2.39. The van der Waals surface area contributed by atoms with Crippen LogP contribution in [0.3, 0.4) is 0 Å². The Bertz CT molecular complexity index is 583. The predicted molar refractivity (Wildman–Crippen MR) is 102 cm³/mol. The smallest absolute Gasteiger partial charge is 0.407 e. The van der Waals surface area contributed by atoms with Gasteiger partial charge in [0.2, 0.25) is 0 Å². The quantitative estimate of drug-likeness (QED) is 0.700. The van der Waals surface area contributed by atoms with Crippen LogP contribution < -0.4 is 10.1 Å². The molecule has 27 heavy (non-hydrogen) atoms. The Hall–Kier alpha value is -1.79. The summed E-state index contributed by atoms with van der Waals surface area (Å²) in [5.74, 6) is 0.860. The van der Waals surface area contributed by atoms with Crippen LogP contribution in [0, 0.1) is 5.92 Å². The second-order valence-corrected chi connectivity index (χ2v) is 7.21. The van der Waals surface area contributed by atoms with E-state index in [1.165, 1.54) is 18.4 Å². The third kappa shape index (κ3) is 5.59. The van der Waals surface area contributed by atoms with Crippen molar-refractivity contribution in [3.05, 3.63) is 29.8 Å². The fourth-order valence-electron chi connectivity index (χ4n) is 3.87.